The minimum atomic E-state index is 0.197. The molecule has 0 saturated carbocycles. The highest BCUT2D eigenvalue weighted by molar-refractivity contribution is 5.78. The normalized spacial score (nSPS) is 18.2. The Morgan fingerprint density at radius 2 is 1.87 bits per heavy atom. The number of hydrogen-bond acceptors (Lipinski definition) is 4. The topological polar surface area (TPSA) is 42.0 Å². The van der Waals surface area contributed by atoms with Gasteiger partial charge in [-0.25, -0.2) is 0 Å². The number of likely N-dealkylation sites (tertiary alicyclic amines) is 1. The summed E-state index contributed by atoms with van der Waals surface area (Å²) in [4.78, 5) is 16.8. The maximum absolute atomic E-state index is 12.4. The lowest BCUT2D eigenvalue weighted by Crippen LogP contribution is -2.42. The van der Waals surface area contributed by atoms with Crippen molar-refractivity contribution in [2.45, 2.75) is 33.2 Å². The highest BCUT2D eigenvalue weighted by Crippen LogP contribution is 2.33. The molecule has 1 saturated heterocycles. The standard InChI is InChI=1S/C18H26N2O3/c1-3-20(4-2)18(21)15-7-9-19(10-8-15)12-14-5-6-16-17(11-14)23-13-22-16/h5-6,11,15H,3-4,7-10,12-13H2,1-2H3. The number of fused-ring (bicyclic) bond motifs is 1. The molecule has 2 aliphatic rings. The average molecular weight is 318 g/mol. The van der Waals surface area contributed by atoms with Crippen molar-refractivity contribution >= 4 is 5.91 Å². The van der Waals surface area contributed by atoms with Crippen LogP contribution in [0, 0.1) is 5.92 Å². The number of rotatable bonds is 5. The van der Waals surface area contributed by atoms with Crippen molar-refractivity contribution in [1.82, 2.24) is 9.80 Å². The van der Waals surface area contributed by atoms with E-state index < -0.39 is 0 Å². The zero-order chi connectivity index (χ0) is 16.2. The van der Waals surface area contributed by atoms with E-state index >= 15 is 0 Å². The number of carbonyl (C=O) groups excluding carboxylic acids is 1. The fraction of sp³-hybridized carbons (Fsp3) is 0.611. The van der Waals surface area contributed by atoms with Gasteiger partial charge in [0.2, 0.25) is 12.7 Å². The Balaban J connectivity index is 1.52. The summed E-state index contributed by atoms with van der Waals surface area (Å²) < 4.78 is 10.8. The minimum absolute atomic E-state index is 0.197. The van der Waals surface area contributed by atoms with Crippen LogP contribution in [0.4, 0.5) is 0 Å². The van der Waals surface area contributed by atoms with Crippen LogP contribution >= 0.6 is 0 Å². The van der Waals surface area contributed by atoms with Gasteiger partial charge in [-0.15, -0.1) is 0 Å². The molecule has 0 radical (unpaired) electrons. The lowest BCUT2D eigenvalue weighted by atomic mass is 9.95. The summed E-state index contributed by atoms with van der Waals surface area (Å²) in [5.74, 6) is 2.20. The van der Waals surface area contributed by atoms with E-state index in [1.165, 1.54) is 5.56 Å². The molecule has 1 amide bonds. The molecule has 1 aromatic rings. The van der Waals surface area contributed by atoms with Crippen LogP contribution in [-0.2, 0) is 11.3 Å². The van der Waals surface area contributed by atoms with Gasteiger partial charge in [0.15, 0.2) is 11.5 Å². The third kappa shape index (κ3) is 3.61. The third-order valence-electron chi connectivity index (χ3n) is 4.86. The zero-order valence-electron chi connectivity index (χ0n) is 14.1. The van der Waals surface area contributed by atoms with Gasteiger partial charge < -0.3 is 14.4 Å². The SMILES string of the molecule is CCN(CC)C(=O)C1CCN(Cc2ccc3c(c2)OCO3)CC1. The molecule has 0 N–H and O–H groups in total. The Labute approximate surface area is 138 Å². The first-order valence-corrected chi connectivity index (χ1v) is 8.61. The van der Waals surface area contributed by atoms with Crippen LogP contribution in [0.25, 0.3) is 0 Å². The van der Waals surface area contributed by atoms with E-state index in [4.69, 9.17) is 9.47 Å². The average Bonchev–Trinajstić information content (AvgIpc) is 3.04. The monoisotopic (exact) mass is 318 g/mol. The van der Waals surface area contributed by atoms with Gasteiger partial charge in [0.05, 0.1) is 0 Å². The number of amides is 1. The molecule has 1 fully saturated rings. The van der Waals surface area contributed by atoms with E-state index in [-0.39, 0.29) is 5.92 Å². The Kier molecular flexibility index (Phi) is 5.06. The Bertz CT molecular complexity index is 549. The highest BCUT2D eigenvalue weighted by atomic mass is 16.7. The predicted octanol–water partition coefficient (Wildman–Crippen LogP) is 2.50. The van der Waals surface area contributed by atoms with Crippen LogP contribution in [0.1, 0.15) is 32.3 Å². The number of benzene rings is 1. The molecule has 126 valence electrons. The summed E-state index contributed by atoms with van der Waals surface area (Å²) in [5.41, 5.74) is 1.24. The molecule has 5 nitrogen and oxygen atoms in total. The number of nitrogens with zero attached hydrogens (tertiary/aromatic N) is 2. The molecule has 0 aromatic heterocycles. The van der Waals surface area contributed by atoms with Crippen LogP contribution < -0.4 is 9.47 Å². The van der Waals surface area contributed by atoms with Gasteiger partial charge in [-0.05, 0) is 57.5 Å². The summed E-state index contributed by atoms with van der Waals surface area (Å²) in [5, 5.41) is 0. The molecule has 23 heavy (non-hydrogen) atoms. The van der Waals surface area contributed by atoms with Crippen molar-refractivity contribution in [3.05, 3.63) is 23.8 Å². The molecular formula is C18H26N2O3. The first-order chi connectivity index (χ1) is 11.2. The smallest absolute Gasteiger partial charge is 0.231 e. The fourth-order valence-electron chi connectivity index (χ4n) is 3.43. The molecule has 0 aliphatic carbocycles. The molecule has 0 spiro atoms. The van der Waals surface area contributed by atoms with Crippen molar-refractivity contribution in [2.75, 3.05) is 33.0 Å². The number of ether oxygens (including phenoxy) is 2. The highest BCUT2D eigenvalue weighted by Gasteiger charge is 2.27. The molecule has 0 bridgehead atoms. The molecule has 3 rings (SSSR count). The van der Waals surface area contributed by atoms with Crippen LogP contribution in [-0.4, -0.2) is 48.7 Å². The third-order valence-corrected chi connectivity index (χ3v) is 4.86. The number of piperidine rings is 1. The molecule has 1 aromatic carbocycles. The number of hydrogen-bond donors (Lipinski definition) is 0. The van der Waals surface area contributed by atoms with E-state index in [9.17, 15) is 4.79 Å². The van der Waals surface area contributed by atoms with Gasteiger partial charge in [-0.1, -0.05) is 6.07 Å². The quantitative estimate of drug-likeness (QED) is 0.836. The van der Waals surface area contributed by atoms with Gasteiger partial charge in [-0.2, -0.15) is 0 Å². The second-order valence-electron chi connectivity index (χ2n) is 6.25. The van der Waals surface area contributed by atoms with Gasteiger partial charge >= 0.3 is 0 Å². The van der Waals surface area contributed by atoms with Crippen molar-refractivity contribution < 1.29 is 14.3 Å². The van der Waals surface area contributed by atoms with Crippen LogP contribution in [0.5, 0.6) is 11.5 Å². The summed E-state index contributed by atoms with van der Waals surface area (Å²) in [6.07, 6.45) is 1.92. The Hall–Kier alpha value is -1.75. The molecule has 5 heteroatoms. The molecule has 0 atom stereocenters. The second kappa shape index (κ2) is 7.21. The molecule has 2 heterocycles. The first kappa shape index (κ1) is 16.1. The van der Waals surface area contributed by atoms with Gasteiger partial charge in [0, 0.05) is 25.6 Å². The van der Waals surface area contributed by atoms with Gasteiger partial charge in [-0.3, -0.25) is 9.69 Å². The first-order valence-electron chi connectivity index (χ1n) is 8.61. The summed E-state index contributed by atoms with van der Waals surface area (Å²) in [6.45, 7) is 8.91. The van der Waals surface area contributed by atoms with Crippen molar-refractivity contribution in [1.29, 1.82) is 0 Å². The summed E-state index contributed by atoms with van der Waals surface area (Å²) >= 11 is 0. The summed E-state index contributed by atoms with van der Waals surface area (Å²) in [7, 11) is 0. The minimum Gasteiger partial charge on any atom is -0.454 e. The van der Waals surface area contributed by atoms with Crippen molar-refractivity contribution in [3.63, 3.8) is 0 Å². The Morgan fingerprint density at radius 3 is 2.57 bits per heavy atom. The summed E-state index contributed by atoms with van der Waals surface area (Å²) in [6, 6.07) is 6.14. The van der Waals surface area contributed by atoms with E-state index in [0.29, 0.717) is 12.7 Å². The predicted molar refractivity (Wildman–Crippen MR) is 88.5 cm³/mol. The van der Waals surface area contributed by atoms with Gasteiger partial charge in [0.25, 0.3) is 0 Å². The van der Waals surface area contributed by atoms with E-state index in [1.54, 1.807) is 0 Å². The van der Waals surface area contributed by atoms with E-state index in [1.807, 2.05) is 11.0 Å². The van der Waals surface area contributed by atoms with Crippen molar-refractivity contribution in [3.8, 4) is 11.5 Å². The largest absolute Gasteiger partial charge is 0.454 e. The number of carbonyl (C=O) groups is 1. The van der Waals surface area contributed by atoms with E-state index in [2.05, 4.69) is 30.9 Å². The van der Waals surface area contributed by atoms with Crippen molar-refractivity contribution in [2.24, 2.45) is 5.92 Å². The Morgan fingerprint density at radius 1 is 1.17 bits per heavy atom. The zero-order valence-corrected chi connectivity index (χ0v) is 14.1. The second-order valence-corrected chi connectivity index (χ2v) is 6.25. The lowest BCUT2D eigenvalue weighted by Gasteiger charge is -2.33. The van der Waals surface area contributed by atoms with Crippen LogP contribution in [0.3, 0.4) is 0 Å². The lowest BCUT2D eigenvalue weighted by molar-refractivity contribution is -0.136. The van der Waals surface area contributed by atoms with Crippen LogP contribution in [0.2, 0.25) is 0 Å². The fourth-order valence-corrected chi connectivity index (χ4v) is 3.43. The molecule has 2 aliphatic heterocycles. The van der Waals surface area contributed by atoms with E-state index in [0.717, 1.165) is 57.1 Å². The molecule has 0 unspecified atom stereocenters. The van der Waals surface area contributed by atoms with Gasteiger partial charge in [0.1, 0.15) is 0 Å². The maximum Gasteiger partial charge on any atom is 0.231 e. The van der Waals surface area contributed by atoms with Crippen LogP contribution in [0.15, 0.2) is 18.2 Å². The molecular weight excluding hydrogens is 292 g/mol. The maximum atomic E-state index is 12.4.